The summed E-state index contributed by atoms with van der Waals surface area (Å²) >= 11 is 0. The largest absolute Gasteiger partial charge is 0.378 e. The van der Waals surface area contributed by atoms with E-state index in [0.717, 1.165) is 0 Å². The second-order valence-electron chi connectivity index (χ2n) is 7.94. The normalized spacial score (nSPS) is 19.0. The Kier molecular flexibility index (Phi) is 6.38. The molecule has 0 aliphatic carbocycles. The van der Waals surface area contributed by atoms with Gasteiger partial charge in [-0.3, -0.25) is 9.59 Å². The molecule has 0 radical (unpaired) electrons. The van der Waals surface area contributed by atoms with E-state index in [2.05, 4.69) is 20.6 Å². The zero-order valence-corrected chi connectivity index (χ0v) is 18.5. The van der Waals surface area contributed by atoms with Crippen LogP contribution in [0.25, 0.3) is 11.4 Å². The Bertz CT molecular complexity index is 1110. The number of carbonyl (C=O) groups excluding carboxylic acids is 2. The fourth-order valence-electron chi connectivity index (χ4n) is 3.65. The van der Waals surface area contributed by atoms with Gasteiger partial charge in [-0.25, -0.2) is 18.4 Å². The Hall–Kier alpha value is -3.05. The summed E-state index contributed by atoms with van der Waals surface area (Å²) in [6, 6.07) is 8.18. The molecule has 2 aromatic rings. The molecule has 1 atom stereocenters. The highest BCUT2D eigenvalue weighted by molar-refractivity contribution is 7.89. The highest BCUT2D eigenvalue weighted by Gasteiger charge is 2.27. The second-order valence-corrected chi connectivity index (χ2v) is 10.1. The lowest BCUT2D eigenvalue weighted by molar-refractivity contribution is -0.122. The third-order valence-corrected chi connectivity index (χ3v) is 6.05. The maximum Gasteiger partial charge on any atom is 0.246 e. The van der Waals surface area contributed by atoms with Gasteiger partial charge < -0.3 is 20.3 Å². The minimum atomic E-state index is -3.27. The molecule has 3 heterocycles. The Labute approximate surface area is 186 Å². The van der Waals surface area contributed by atoms with E-state index in [4.69, 9.17) is 4.74 Å². The first-order chi connectivity index (χ1) is 15.3. The SMILES string of the molecule is CS(=O)(=O)Cc1cc(N2CCOCC2)nc(-c2ccc(NC(=O)C3CCC(=O)N3)cc2)n1. The van der Waals surface area contributed by atoms with Crippen molar-refractivity contribution in [2.75, 3.05) is 42.8 Å². The predicted molar refractivity (Wildman–Crippen MR) is 119 cm³/mol. The maximum absolute atomic E-state index is 12.3. The number of amides is 2. The number of sulfone groups is 1. The van der Waals surface area contributed by atoms with Gasteiger partial charge in [-0.1, -0.05) is 0 Å². The summed E-state index contributed by atoms with van der Waals surface area (Å²) in [5, 5.41) is 5.43. The molecule has 32 heavy (non-hydrogen) atoms. The van der Waals surface area contributed by atoms with Crippen LogP contribution in [0.2, 0.25) is 0 Å². The number of aromatic nitrogens is 2. The summed E-state index contributed by atoms with van der Waals surface area (Å²) < 4.78 is 29.1. The molecule has 4 rings (SSSR count). The van der Waals surface area contributed by atoms with Gasteiger partial charge in [-0.2, -0.15) is 0 Å². The zero-order valence-electron chi connectivity index (χ0n) is 17.7. The number of anilines is 2. The van der Waals surface area contributed by atoms with Crippen molar-refractivity contribution in [3.8, 4) is 11.4 Å². The highest BCUT2D eigenvalue weighted by atomic mass is 32.2. The van der Waals surface area contributed by atoms with Crippen LogP contribution in [-0.4, -0.2) is 68.8 Å². The number of rotatable bonds is 6. The van der Waals surface area contributed by atoms with Crippen molar-refractivity contribution in [1.82, 2.24) is 15.3 Å². The van der Waals surface area contributed by atoms with E-state index in [1.807, 2.05) is 4.90 Å². The minimum absolute atomic E-state index is 0.123. The number of hydrogen-bond acceptors (Lipinski definition) is 8. The molecule has 0 spiro atoms. The minimum Gasteiger partial charge on any atom is -0.378 e. The van der Waals surface area contributed by atoms with Gasteiger partial charge in [0.15, 0.2) is 15.7 Å². The van der Waals surface area contributed by atoms with E-state index >= 15 is 0 Å². The first kappa shape index (κ1) is 22.2. The lowest BCUT2D eigenvalue weighted by Crippen LogP contribution is -2.37. The second kappa shape index (κ2) is 9.21. The van der Waals surface area contributed by atoms with Crippen LogP contribution in [0.3, 0.4) is 0 Å². The van der Waals surface area contributed by atoms with E-state index in [9.17, 15) is 18.0 Å². The van der Waals surface area contributed by atoms with Gasteiger partial charge in [0, 0.05) is 43.1 Å². The van der Waals surface area contributed by atoms with Crippen molar-refractivity contribution in [3.63, 3.8) is 0 Å². The third kappa shape index (κ3) is 5.60. The Morgan fingerprint density at radius 2 is 1.94 bits per heavy atom. The molecule has 0 bridgehead atoms. The average molecular weight is 460 g/mol. The molecule has 2 N–H and O–H groups in total. The van der Waals surface area contributed by atoms with E-state index in [1.165, 1.54) is 6.26 Å². The van der Waals surface area contributed by atoms with Crippen molar-refractivity contribution in [2.45, 2.75) is 24.6 Å². The number of benzene rings is 1. The lowest BCUT2D eigenvalue weighted by atomic mass is 10.1. The Morgan fingerprint density at radius 1 is 1.22 bits per heavy atom. The molecule has 2 amide bonds. The van der Waals surface area contributed by atoms with Crippen LogP contribution in [0.4, 0.5) is 11.5 Å². The van der Waals surface area contributed by atoms with Crippen molar-refractivity contribution in [3.05, 3.63) is 36.0 Å². The number of nitrogens with zero attached hydrogens (tertiary/aromatic N) is 3. The monoisotopic (exact) mass is 459 g/mol. The number of hydrogen-bond donors (Lipinski definition) is 2. The highest BCUT2D eigenvalue weighted by Crippen LogP contribution is 2.24. The summed E-state index contributed by atoms with van der Waals surface area (Å²) in [4.78, 5) is 34.8. The summed E-state index contributed by atoms with van der Waals surface area (Å²) in [5.41, 5.74) is 1.70. The van der Waals surface area contributed by atoms with E-state index < -0.39 is 15.9 Å². The van der Waals surface area contributed by atoms with Gasteiger partial charge in [0.05, 0.1) is 24.7 Å². The molecule has 2 aliphatic rings. The van der Waals surface area contributed by atoms with E-state index in [0.29, 0.717) is 67.7 Å². The summed E-state index contributed by atoms with van der Waals surface area (Å²) in [6.07, 6.45) is 2.01. The maximum atomic E-state index is 12.3. The standard InChI is InChI=1S/C21H25N5O5S/c1-32(29,30)13-16-12-18(26-8-10-31-11-9-26)25-20(22-16)14-2-4-15(5-3-14)23-21(28)17-6-7-19(27)24-17/h2-5,12,17H,6-11,13H2,1H3,(H,23,28)(H,24,27). The van der Waals surface area contributed by atoms with Crippen LogP contribution in [0, 0.1) is 0 Å². The Balaban J connectivity index is 1.56. The third-order valence-electron chi connectivity index (χ3n) is 5.23. The van der Waals surface area contributed by atoms with Gasteiger partial charge in [-0.15, -0.1) is 0 Å². The number of carbonyl (C=O) groups is 2. The Morgan fingerprint density at radius 3 is 2.56 bits per heavy atom. The van der Waals surface area contributed by atoms with Crippen molar-refractivity contribution in [1.29, 1.82) is 0 Å². The van der Waals surface area contributed by atoms with Crippen LogP contribution in [0.1, 0.15) is 18.5 Å². The van der Waals surface area contributed by atoms with Crippen molar-refractivity contribution in [2.24, 2.45) is 0 Å². The topological polar surface area (TPSA) is 131 Å². The fraction of sp³-hybridized carbons (Fsp3) is 0.429. The molecule has 2 fully saturated rings. The smallest absolute Gasteiger partial charge is 0.246 e. The molecule has 11 heteroatoms. The van der Waals surface area contributed by atoms with Gasteiger partial charge in [0.2, 0.25) is 11.8 Å². The molecule has 2 saturated heterocycles. The summed E-state index contributed by atoms with van der Waals surface area (Å²) in [7, 11) is -3.27. The lowest BCUT2D eigenvalue weighted by Gasteiger charge is -2.28. The quantitative estimate of drug-likeness (QED) is 0.647. The fourth-order valence-corrected chi connectivity index (χ4v) is 4.34. The van der Waals surface area contributed by atoms with Gasteiger partial charge in [0.25, 0.3) is 0 Å². The van der Waals surface area contributed by atoms with E-state index in [-0.39, 0.29) is 17.6 Å². The molecule has 1 aromatic carbocycles. The van der Waals surface area contributed by atoms with Gasteiger partial charge >= 0.3 is 0 Å². The van der Waals surface area contributed by atoms with Crippen LogP contribution in [0.15, 0.2) is 30.3 Å². The summed E-state index contributed by atoms with van der Waals surface area (Å²) in [5.74, 6) is 0.508. The van der Waals surface area contributed by atoms with Crippen LogP contribution in [0.5, 0.6) is 0 Å². The van der Waals surface area contributed by atoms with Crippen LogP contribution in [-0.2, 0) is 29.9 Å². The predicted octanol–water partition coefficient (Wildman–Crippen LogP) is 0.742. The molecule has 1 aromatic heterocycles. The van der Waals surface area contributed by atoms with Crippen LogP contribution >= 0.6 is 0 Å². The van der Waals surface area contributed by atoms with Gasteiger partial charge in [-0.05, 0) is 30.7 Å². The molecule has 1 unspecified atom stereocenters. The molecule has 170 valence electrons. The molecular formula is C21H25N5O5S. The van der Waals surface area contributed by atoms with E-state index in [1.54, 1.807) is 30.3 Å². The van der Waals surface area contributed by atoms with Crippen molar-refractivity contribution < 1.29 is 22.7 Å². The summed E-state index contributed by atoms with van der Waals surface area (Å²) in [6.45, 7) is 2.49. The zero-order chi connectivity index (χ0) is 22.7. The molecule has 0 saturated carbocycles. The van der Waals surface area contributed by atoms with Crippen molar-refractivity contribution >= 4 is 33.2 Å². The number of ether oxygens (including phenoxy) is 1. The van der Waals surface area contributed by atoms with Gasteiger partial charge in [0.1, 0.15) is 11.9 Å². The molecule has 2 aliphatic heterocycles. The first-order valence-electron chi connectivity index (χ1n) is 10.4. The molecule has 10 nitrogen and oxygen atoms in total. The van der Waals surface area contributed by atoms with Crippen LogP contribution < -0.4 is 15.5 Å². The number of morpholine rings is 1. The molecular weight excluding hydrogens is 434 g/mol. The average Bonchev–Trinajstić information content (AvgIpc) is 3.20. The first-order valence-corrected chi connectivity index (χ1v) is 12.4. The number of nitrogens with one attached hydrogen (secondary N) is 2.